The Morgan fingerprint density at radius 1 is 1.19 bits per heavy atom. The van der Waals surface area contributed by atoms with Crippen LogP contribution in [0, 0.1) is 5.82 Å². The number of para-hydroxylation sites is 1. The summed E-state index contributed by atoms with van der Waals surface area (Å²) >= 11 is 1.26. The molecule has 0 saturated heterocycles. The lowest BCUT2D eigenvalue weighted by Gasteiger charge is -2.21. The number of carbonyl (C=O) groups is 1. The summed E-state index contributed by atoms with van der Waals surface area (Å²) in [4.78, 5) is 14.7. The largest absolute Gasteiger partial charge is 0.335 e. The summed E-state index contributed by atoms with van der Waals surface area (Å²) < 4.78 is 14.4. The van der Waals surface area contributed by atoms with E-state index in [9.17, 15) is 9.18 Å². The first-order valence-corrected chi connectivity index (χ1v) is 9.45. The zero-order valence-electron chi connectivity index (χ0n) is 14.7. The number of anilines is 1. The van der Waals surface area contributed by atoms with Crippen molar-refractivity contribution in [3.05, 3.63) is 59.9 Å². The Morgan fingerprint density at radius 3 is 2.70 bits per heavy atom. The van der Waals surface area contributed by atoms with Gasteiger partial charge in [-0.25, -0.2) is 9.07 Å². The van der Waals surface area contributed by atoms with Gasteiger partial charge in [0.2, 0.25) is 11.1 Å². The van der Waals surface area contributed by atoms with Crippen molar-refractivity contribution in [1.82, 2.24) is 14.9 Å². The third-order valence-corrected chi connectivity index (χ3v) is 5.59. The number of thioether (sulfide) groups is 1. The van der Waals surface area contributed by atoms with Crippen LogP contribution in [-0.4, -0.2) is 32.6 Å². The predicted octanol–water partition coefficient (Wildman–Crippen LogP) is 2.87. The molecule has 3 aromatic rings. The average Bonchev–Trinajstić information content (AvgIpc) is 3.26. The van der Waals surface area contributed by atoms with E-state index in [1.807, 2.05) is 36.1 Å². The van der Waals surface area contributed by atoms with Gasteiger partial charge in [0, 0.05) is 17.8 Å². The molecule has 0 spiro atoms. The van der Waals surface area contributed by atoms with Crippen LogP contribution >= 0.6 is 11.8 Å². The molecule has 1 aliphatic rings. The molecule has 0 saturated carbocycles. The summed E-state index contributed by atoms with van der Waals surface area (Å²) in [6, 6.07) is 13.8. The van der Waals surface area contributed by atoms with E-state index in [0.717, 1.165) is 12.1 Å². The fourth-order valence-electron chi connectivity index (χ4n) is 3.15. The first kappa shape index (κ1) is 17.5. The summed E-state index contributed by atoms with van der Waals surface area (Å²) in [5, 5.41) is 8.24. The number of hydrogen-bond donors (Lipinski definition) is 1. The second kappa shape index (κ2) is 7.03. The van der Waals surface area contributed by atoms with E-state index in [1.165, 1.54) is 34.1 Å². The van der Waals surface area contributed by atoms with Crippen LogP contribution in [0.5, 0.6) is 0 Å². The summed E-state index contributed by atoms with van der Waals surface area (Å²) in [5.41, 5.74) is 2.81. The van der Waals surface area contributed by atoms with Crippen LogP contribution in [0.3, 0.4) is 0 Å². The average molecular weight is 383 g/mol. The highest BCUT2D eigenvalue weighted by Gasteiger charge is 2.29. The van der Waals surface area contributed by atoms with Crippen LogP contribution < -0.4 is 10.7 Å². The van der Waals surface area contributed by atoms with E-state index in [-0.39, 0.29) is 17.0 Å². The third-order valence-electron chi connectivity index (χ3n) is 4.55. The Kier molecular flexibility index (Phi) is 4.57. The van der Waals surface area contributed by atoms with Crippen molar-refractivity contribution in [3.63, 3.8) is 0 Å². The first-order valence-electron chi connectivity index (χ1n) is 8.57. The van der Waals surface area contributed by atoms with Crippen molar-refractivity contribution in [2.75, 3.05) is 17.3 Å². The molecule has 1 atom stereocenters. The van der Waals surface area contributed by atoms with Gasteiger partial charge in [0.25, 0.3) is 0 Å². The molecular weight excluding hydrogens is 365 g/mol. The van der Waals surface area contributed by atoms with Crippen molar-refractivity contribution in [1.29, 1.82) is 0 Å². The highest BCUT2D eigenvalue weighted by molar-refractivity contribution is 8.00. The molecule has 27 heavy (non-hydrogen) atoms. The van der Waals surface area contributed by atoms with Gasteiger partial charge in [0.15, 0.2) is 5.82 Å². The van der Waals surface area contributed by atoms with Gasteiger partial charge in [-0.15, -0.1) is 10.2 Å². The van der Waals surface area contributed by atoms with Crippen molar-refractivity contribution in [3.8, 4) is 11.4 Å². The monoisotopic (exact) mass is 383 g/mol. The molecule has 1 aliphatic heterocycles. The lowest BCUT2D eigenvalue weighted by Crippen LogP contribution is -2.35. The second-order valence-electron chi connectivity index (χ2n) is 6.31. The number of nitrogen functional groups attached to an aromatic ring is 1. The first-order chi connectivity index (χ1) is 13.0. The fraction of sp³-hybridized carbons (Fsp3) is 0.211. The quantitative estimate of drug-likeness (QED) is 0.554. The summed E-state index contributed by atoms with van der Waals surface area (Å²) in [7, 11) is 0. The number of benzene rings is 2. The van der Waals surface area contributed by atoms with Gasteiger partial charge in [0.05, 0.1) is 5.25 Å². The Balaban J connectivity index is 1.51. The molecule has 0 bridgehead atoms. The van der Waals surface area contributed by atoms with Crippen molar-refractivity contribution >= 4 is 23.4 Å². The summed E-state index contributed by atoms with van der Waals surface area (Å²) in [5.74, 6) is 6.20. The second-order valence-corrected chi connectivity index (χ2v) is 7.62. The third kappa shape index (κ3) is 3.28. The van der Waals surface area contributed by atoms with Gasteiger partial charge >= 0.3 is 0 Å². The zero-order chi connectivity index (χ0) is 19.0. The van der Waals surface area contributed by atoms with E-state index in [2.05, 4.69) is 10.2 Å². The number of nitrogens with zero attached hydrogens (tertiary/aromatic N) is 4. The van der Waals surface area contributed by atoms with Crippen molar-refractivity contribution < 1.29 is 9.18 Å². The minimum atomic E-state index is -0.372. The molecule has 4 rings (SSSR count). The van der Waals surface area contributed by atoms with E-state index in [1.54, 1.807) is 12.1 Å². The maximum absolute atomic E-state index is 13.1. The van der Waals surface area contributed by atoms with Crippen molar-refractivity contribution in [2.24, 2.45) is 0 Å². The van der Waals surface area contributed by atoms with Crippen LogP contribution in [0.1, 0.15) is 12.5 Å². The minimum Gasteiger partial charge on any atom is -0.335 e. The highest BCUT2D eigenvalue weighted by Crippen LogP contribution is 2.31. The van der Waals surface area contributed by atoms with E-state index in [4.69, 9.17) is 5.84 Å². The number of fused-ring (bicyclic) bond motifs is 1. The van der Waals surface area contributed by atoms with Gasteiger partial charge < -0.3 is 10.7 Å². The molecule has 0 aliphatic carbocycles. The van der Waals surface area contributed by atoms with Gasteiger partial charge in [0.1, 0.15) is 5.82 Å². The number of rotatable bonds is 4. The zero-order valence-corrected chi connectivity index (χ0v) is 15.5. The van der Waals surface area contributed by atoms with Crippen LogP contribution in [0.15, 0.2) is 53.7 Å². The maximum atomic E-state index is 13.1. The Labute approximate surface area is 160 Å². The molecule has 0 fully saturated rings. The summed E-state index contributed by atoms with van der Waals surface area (Å²) in [6.07, 6.45) is 0.862. The molecule has 138 valence electrons. The molecule has 2 N–H and O–H groups in total. The number of hydrogen-bond acceptors (Lipinski definition) is 5. The molecular formula is C19H18FN5OS. The summed E-state index contributed by atoms with van der Waals surface area (Å²) in [6.45, 7) is 2.51. The molecule has 8 heteroatoms. The molecule has 6 nitrogen and oxygen atoms in total. The van der Waals surface area contributed by atoms with Gasteiger partial charge in [-0.2, -0.15) is 0 Å². The number of carbonyl (C=O) groups excluding carboxylic acids is 1. The predicted molar refractivity (Wildman–Crippen MR) is 103 cm³/mol. The lowest BCUT2D eigenvalue weighted by atomic mass is 10.2. The molecule has 2 heterocycles. The Bertz CT molecular complexity index is 988. The van der Waals surface area contributed by atoms with E-state index < -0.39 is 0 Å². The normalized spacial score (nSPS) is 14.2. The molecule has 0 radical (unpaired) electrons. The van der Waals surface area contributed by atoms with Gasteiger partial charge in [-0.05, 0) is 49.2 Å². The molecule has 0 unspecified atom stereocenters. The maximum Gasteiger partial charge on any atom is 0.240 e. The topological polar surface area (TPSA) is 77.0 Å². The smallest absolute Gasteiger partial charge is 0.240 e. The fourth-order valence-corrected chi connectivity index (χ4v) is 3.98. The van der Waals surface area contributed by atoms with Crippen LogP contribution in [0.4, 0.5) is 10.1 Å². The Morgan fingerprint density at radius 2 is 1.93 bits per heavy atom. The molecule has 1 amide bonds. The SMILES string of the molecule is C[C@@H](Sc1nnc(-c2ccc(F)cc2)n1N)C(=O)N1CCc2ccccc21. The standard InChI is InChI=1S/C19H18FN5OS/c1-12(18(26)24-11-10-13-4-2-3-5-16(13)24)27-19-23-22-17(25(19)21)14-6-8-15(20)9-7-14/h2-9,12H,10-11,21H2,1H3/t12-/m1/s1. The lowest BCUT2D eigenvalue weighted by molar-refractivity contribution is -0.117. The number of nitrogens with two attached hydrogens (primary N) is 1. The van der Waals surface area contributed by atoms with Gasteiger partial charge in [-0.3, -0.25) is 4.79 Å². The number of halogens is 1. The van der Waals surface area contributed by atoms with Crippen LogP contribution in [-0.2, 0) is 11.2 Å². The molecule has 1 aromatic heterocycles. The van der Waals surface area contributed by atoms with E-state index in [0.29, 0.717) is 23.1 Å². The van der Waals surface area contributed by atoms with Gasteiger partial charge in [-0.1, -0.05) is 30.0 Å². The number of aromatic nitrogens is 3. The minimum absolute atomic E-state index is 0.0104. The van der Waals surface area contributed by atoms with E-state index >= 15 is 0 Å². The van der Waals surface area contributed by atoms with Crippen LogP contribution in [0.2, 0.25) is 0 Å². The van der Waals surface area contributed by atoms with Crippen molar-refractivity contribution in [2.45, 2.75) is 23.8 Å². The number of amides is 1. The Hall–Kier alpha value is -2.87. The molecule has 2 aromatic carbocycles. The highest BCUT2D eigenvalue weighted by atomic mass is 32.2. The van der Waals surface area contributed by atoms with Crippen LogP contribution in [0.25, 0.3) is 11.4 Å².